The Labute approximate surface area is 167 Å². The average Bonchev–Trinajstić information content (AvgIpc) is 2.72. The van der Waals surface area contributed by atoms with E-state index in [1.807, 2.05) is 12.1 Å². The van der Waals surface area contributed by atoms with E-state index in [9.17, 15) is 9.90 Å². The Morgan fingerprint density at radius 3 is 2.39 bits per heavy atom. The molecule has 2 aromatic carbocycles. The maximum atomic E-state index is 11.0. The molecule has 1 heterocycles. The predicted molar refractivity (Wildman–Crippen MR) is 112 cm³/mol. The Bertz CT molecular complexity index is 861. The third kappa shape index (κ3) is 2.92. The number of phenolic OH excluding ortho intramolecular Hbond substituents is 1. The first-order valence-corrected chi connectivity index (χ1v) is 10.8. The smallest absolute Gasteiger partial charge is 0.123 e. The summed E-state index contributed by atoms with van der Waals surface area (Å²) in [5, 5.41) is 9.94. The zero-order chi connectivity index (χ0) is 19.1. The highest BCUT2D eigenvalue weighted by molar-refractivity contribution is 5.56. The Balaban J connectivity index is 1.44. The molecular formula is C25H29NO2. The molecule has 1 N–H and O–H groups in total. The zero-order valence-corrected chi connectivity index (χ0v) is 16.4. The second kappa shape index (κ2) is 6.95. The molecule has 1 aliphatic heterocycles. The van der Waals surface area contributed by atoms with Crippen molar-refractivity contribution in [1.82, 2.24) is 0 Å². The van der Waals surface area contributed by atoms with Gasteiger partial charge >= 0.3 is 0 Å². The summed E-state index contributed by atoms with van der Waals surface area (Å²) in [6.45, 7) is 1.94. The minimum Gasteiger partial charge on any atom is -0.508 e. The van der Waals surface area contributed by atoms with Crippen LogP contribution in [0.25, 0.3) is 0 Å². The third-order valence-corrected chi connectivity index (χ3v) is 7.62. The Hall–Kier alpha value is -2.29. The van der Waals surface area contributed by atoms with E-state index in [-0.39, 0.29) is 5.92 Å². The molecule has 146 valence electrons. The van der Waals surface area contributed by atoms with E-state index in [0.717, 1.165) is 38.6 Å². The van der Waals surface area contributed by atoms with Gasteiger partial charge in [-0.25, -0.2) is 0 Å². The molecule has 5 rings (SSSR count). The van der Waals surface area contributed by atoms with Crippen molar-refractivity contribution >= 4 is 12.0 Å². The Morgan fingerprint density at radius 2 is 1.75 bits per heavy atom. The van der Waals surface area contributed by atoms with E-state index in [1.165, 1.54) is 48.1 Å². The van der Waals surface area contributed by atoms with Crippen molar-refractivity contribution in [2.24, 2.45) is 11.3 Å². The molecule has 3 heteroatoms. The third-order valence-electron chi connectivity index (χ3n) is 7.62. The molecule has 1 saturated carbocycles. The second-order valence-electron chi connectivity index (χ2n) is 9.08. The maximum Gasteiger partial charge on any atom is 0.123 e. The van der Waals surface area contributed by atoms with Gasteiger partial charge in [-0.3, -0.25) is 0 Å². The summed E-state index contributed by atoms with van der Waals surface area (Å²) in [6, 6.07) is 15.2. The highest BCUT2D eigenvalue weighted by atomic mass is 16.3. The molecular weight excluding hydrogens is 346 g/mol. The van der Waals surface area contributed by atoms with Crippen LogP contribution in [-0.4, -0.2) is 24.5 Å². The number of aldehydes is 1. The lowest BCUT2D eigenvalue weighted by Crippen LogP contribution is -2.40. The van der Waals surface area contributed by atoms with Gasteiger partial charge in [-0.15, -0.1) is 0 Å². The lowest BCUT2D eigenvalue weighted by molar-refractivity contribution is -0.111. The van der Waals surface area contributed by atoms with Crippen LogP contribution < -0.4 is 4.90 Å². The number of aromatic hydroxyl groups is 1. The topological polar surface area (TPSA) is 40.5 Å². The first-order chi connectivity index (χ1) is 13.7. The fourth-order valence-electron chi connectivity index (χ4n) is 5.82. The van der Waals surface area contributed by atoms with E-state index >= 15 is 0 Å². The van der Waals surface area contributed by atoms with Gasteiger partial charge in [0, 0.05) is 30.6 Å². The first-order valence-electron chi connectivity index (χ1n) is 10.8. The minimum atomic E-state index is 0.240. The molecule has 1 saturated heterocycles. The van der Waals surface area contributed by atoms with Crippen molar-refractivity contribution in [1.29, 1.82) is 0 Å². The van der Waals surface area contributed by atoms with Crippen molar-refractivity contribution in [2.75, 3.05) is 18.0 Å². The van der Waals surface area contributed by atoms with Crippen LogP contribution in [0.2, 0.25) is 0 Å². The standard InChI is InChI=1S/C25H29NO2/c27-17-18-9-14-26(15-10-18)21-4-2-19(3-5-21)24-23-7-6-22(28)16-20(23)8-13-25(24)11-1-12-25/h2-7,16-18,24,28H,1,8-15H2/t24-/m1/s1. The summed E-state index contributed by atoms with van der Waals surface area (Å²) < 4.78 is 0. The van der Waals surface area contributed by atoms with Gasteiger partial charge in [0.25, 0.3) is 0 Å². The summed E-state index contributed by atoms with van der Waals surface area (Å²) in [7, 11) is 0. The van der Waals surface area contributed by atoms with E-state index in [2.05, 4.69) is 35.2 Å². The predicted octanol–water partition coefficient (Wildman–Crippen LogP) is 5.06. The Morgan fingerprint density at radius 1 is 1.00 bits per heavy atom. The highest BCUT2D eigenvalue weighted by Crippen LogP contribution is 2.60. The SMILES string of the molecule is O=CC1CCN(c2ccc([C@@H]3c4ccc(O)cc4CCC34CCC4)cc2)CC1. The van der Waals surface area contributed by atoms with Crippen LogP contribution in [0.15, 0.2) is 42.5 Å². The van der Waals surface area contributed by atoms with Crippen LogP contribution in [-0.2, 0) is 11.2 Å². The van der Waals surface area contributed by atoms with Gasteiger partial charge < -0.3 is 14.8 Å². The molecule has 0 bridgehead atoms. The number of rotatable bonds is 3. The van der Waals surface area contributed by atoms with Gasteiger partial charge in [-0.05, 0) is 84.9 Å². The molecule has 0 unspecified atom stereocenters. The van der Waals surface area contributed by atoms with Crippen molar-refractivity contribution in [3.63, 3.8) is 0 Å². The van der Waals surface area contributed by atoms with Crippen molar-refractivity contribution in [2.45, 2.75) is 50.9 Å². The number of aryl methyl sites for hydroxylation is 1. The number of carbonyl (C=O) groups excluding carboxylic acids is 1. The number of anilines is 1. The van der Waals surface area contributed by atoms with Gasteiger partial charge in [0.15, 0.2) is 0 Å². The maximum absolute atomic E-state index is 11.0. The van der Waals surface area contributed by atoms with Crippen LogP contribution in [0.4, 0.5) is 5.69 Å². The summed E-state index contributed by atoms with van der Waals surface area (Å²) in [4.78, 5) is 13.4. The lowest BCUT2D eigenvalue weighted by atomic mass is 9.52. The number of nitrogens with zero attached hydrogens (tertiary/aromatic N) is 1. The number of benzene rings is 2. The molecule has 3 nitrogen and oxygen atoms in total. The molecule has 3 aliphatic rings. The van der Waals surface area contributed by atoms with E-state index in [1.54, 1.807) is 0 Å². The number of carbonyl (C=O) groups is 1. The monoisotopic (exact) mass is 375 g/mol. The van der Waals surface area contributed by atoms with Crippen LogP contribution >= 0.6 is 0 Å². The van der Waals surface area contributed by atoms with E-state index in [0.29, 0.717) is 17.1 Å². The molecule has 0 radical (unpaired) electrons. The van der Waals surface area contributed by atoms with Crippen LogP contribution in [0.5, 0.6) is 5.75 Å². The van der Waals surface area contributed by atoms with Gasteiger partial charge in [0.1, 0.15) is 12.0 Å². The fourth-order valence-corrected chi connectivity index (χ4v) is 5.82. The second-order valence-corrected chi connectivity index (χ2v) is 9.08. The van der Waals surface area contributed by atoms with Crippen LogP contribution in [0, 0.1) is 11.3 Å². The molecule has 0 amide bonds. The summed E-state index contributed by atoms with van der Waals surface area (Å²) in [5.74, 6) is 1.07. The number of fused-ring (bicyclic) bond motifs is 1. The summed E-state index contributed by atoms with van der Waals surface area (Å²) in [6.07, 6.45) is 9.35. The number of phenols is 1. The van der Waals surface area contributed by atoms with Crippen LogP contribution in [0.3, 0.4) is 0 Å². The summed E-state index contributed by atoms with van der Waals surface area (Å²) >= 11 is 0. The zero-order valence-electron chi connectivity index (χ0n) is 16.4. The van der Waals surface area contributed by atoms with Gasteiger partial charge in [0.2, 0.25) is 0 Å². The fraction of sp³-hybridized carbons (Fsp3) is 0.480. The van der Waals surface area contributed by atoms with Gasteiger partial charge in [-0.1, -0.05) is 24.6 Å². The molecule has 0 aromatic heterocycles. The lowest BCUT2D eigenvalue weighted by Gasteiger charge is -2.52. The number of hydrogen-bond acceptors (Lipinski definition) is 3. The van der Waals surface area contributed by atoms with Crippen molar-refractivity contribution in [3.8, 4) is 5.75 Å². The minimum absolute atomic E-state index is 0.240. The van der Waals surface area contributed by atoms with Gasteiger partial charge in [0.05, 0.1) is 0 Å². The molecule has 2 aromatic rings. The van der Waals surface area contributed by atoms with Crippen molar-refractivity contribution < 1.29 is 9.90 Å². The molecule has 28 heavy (non-hydrogen) atoms. The van der Waals surface area contributed by atoms with Gasteiger partial charge in [-0.2, -0.15) is 0 Å². The summed E-state index contributed by atoms with van der Waals surface area (Å²) in [5.41, 5.74) is 5.84. The largest absolute Gasteiger partial charge is 0.508 e. The normalized spacial score (nSPS) is 23.9. The molecule has 1 spiro atoms. The molecule has 2 fully saturated rings. The Kier molecular flexibility index (Phi) is 4.41. The molecule has 2 aliphatic carbocycles. The van der Waals surface area contributed by atoms with Crippen molar-refractivity contribution in [3.05, 3.63) is 59.2 Å². The number of hydrogen-bond donors (Lipinski definition) is 1. The average molecular weight is 376 g/mol. The number of piperidine rings is 1. The first kappa shape index (κ1) is 17.8. The van der Waals surface area contributed by atoms with E-state index < -0.39 is 0 Å². The van der Waals surface area contributed by atoms with Crippen LogP contribution in [0.1, 0.15) is 61.1 Å². The molecule has 1 atom stereocenters. The highest BCUT2D eigenvalue weighted by Gasteiger charge is 2.47. The van der Waals surface area contributed by atoms with E-state index in [4.69, 9.17) is 0 Å². The quantitative estimate of drug-likeness (QED) is 0.763.